The number of carbonyl (C=O) groups excluding carboxylic acids is 1. The maximum absolute atomic E-state index is 11.1. The van der Waals surface area contributed by atoms with Crippen LogP contribution in [0.15, 0.2) is 0 Å². The summed E-state index contributed by atoms with van der Waals surface area (Å²) in [6.45, 7) is 1.01. The third kappa shape index (κ3) is 2.93. The molecule has 0 radical (unpaired) electrons. The van der Waals surface area contributed by atoms with Crippen molar-refractivity contribution in [2.75, 3.05) is 26.0 Å². The lowest BCUT2D eigenvalue weighted by Crippen LogP contribution is -2.54. The molecule has 1 saturated heterocycles. The van der Waals surface area contributed by atoms with Crippen LogP contribution in [0.25, 0.3) is 0 Å². The van der Waals surface area contributed by atoms with Crippen molar-refractivity contribution < 1.29 is 17.9 Å². The first kappa shape index (κ1) is 11.4. The number of likely N-dealkylation sites (tertiary alicyclic amines) is 1. The number of nitrogens with zero attached hydrogens (tertiary/aromatic N) is 1. The summed E-state index contributed by atoms with van der Waals surface area (Å²) in [6, 6.07) is -0.290. The first-order valence-corrected chi connectivity index (χ1v) is 5.98. The lowest BCUT2D eigenvalue weighted by atomic mass is 10.0. The Labute approximate surface area is 83.1 Å². The number of hydrogen-bond donors (Lipinski definition) is 1. The highest BCUT2D eigenvalue weighted by atomic mass is 32.2. The van der Waals surface area contributed by atoms with Crippen LogP contribution in [0.2, 0.25) is 0 Å². The highest BCUT2D eigenvalue weighted by Crippen LogP contribution is 2.17. The van der Waals surface area contributed by atoms with E-state index in [-0.39, 0.29) is 17.8 Å². The quantitative estimate of drug-likeness (QED) is 0.586. The normalized spacial score (nSPS) is 22.9. The van der Waals surface area contributed by atoms with Gasteiger partial charge in [-0.15, -0.1) is 0 Å². The van der Waals surface area contributed by atoms with E-state index in [2.05, 4.69) is 4.74 Å². The zero-order chi connectivity index (χ0) is 10.8. The molecule has 1 aliphatic rings. The van der Waals surface area contributed by atoms with Crippen molar-refractivity contribution in [3.05, 3.63) is 0 Å². The average molecular weight is 222 g/mol. The number of methoxy groups -OCH3 is 1. The van der Waals surface area contributed by atoms with E-state index in [1.165, 1.54) is 7.11 Å². The minimum Gasteiger partial charge on any atom is -0.468 e. The Kier molecular flexibility index (Phi) is 3.46. The van der Waals surface area contributed by atoms with Crippen LogP contribution in [0.5, 0.6) is 0 Å². The highest BCUT2D eigenvalue weighted by Gasteiger charge is 2.34. The van der Waals surface area contributed by atoms with Gasteiger partial charge in [0.2, 0.25) is 10.0 Å². The van der Waals surface area contributed by atoms with E-state index in [9.17, 15) is 13.2 Å². The van der Waals surface area contributed by atoms with Gasteiger partial charge in [0.1, 0.15) is 6.04 Å². The third-order valence-corrected chi connectivity index (χ3v) is 3.02. The number of esters is 1. The van der Waals surface area contributed by atoms with Gasteiger partial charge in [-0.25, -0.2) is 13.6 Å². The van der Waals surface area contributed by atoms with Gasteiger partial charge in [0.25, 0.3) is 0 Å². The minimum atomic E-state index is -3.45. The first-order valence-electron chi connectivity index (χ1n) is 4.26. The molecule has 0 bridgehead atoms. The van der Waals surface area contributed by atoms with E-state index < -0.39 is 10.0 Å². The topological polar surface area (TPSA) is 89.7 Å². The summed E-state index contributed by atoms with van der Waals surface area (Å²) in [5, 5.41) is 4.85. The summed E-state index contributed by atoms with van der Waals surface area (Å²) in [5.41, 5.74) is 0. The summed E-state index contributed by atoms with van der Waals surface area (Å²) < 4.78 is 25.9. The number of primary sulfonamides is 1. The zero-order valence-corrected chi connectivity index (χ0v) is 8.79. The molecule has 0 aromatic rings. The summed E-state index contributed by atoms with van der Waals surface area (Å²) >= 11 is 0. The number of hydrogen-bond acceptors (Lipinski definition) is 5. The standard InChI is InChI=1S/C7H14N2O4S/c1-13-7(10)6-2-3-9(6)4-5-14(8,11)12/h6H,2-5H2,1H3,(H2,8,11,12). The fraction of sp³-hybridized carbons (Fsp3) is 0.857. The Bertz CT molecular complexity index is 314. The molecule has 0 amide bonds. The molecule has 0 aliphatic carbocycles. The molecule has 0 saturated carbocycles. The van der Waals surface area contributed by atoms with Gasteiger partial charge in [-0.2, -0.15) is 0 Å². The van der Waals surface area contributed by atoms with Gasteiger partial charge in [0.05, 0.1) is 12.9 Å². The van der Waals surface area contributed by atoms with Gasteiger partial charge in [-0.05, 0) is 6.42 Å². The van der Waals surface area contributed by atoms with Gasteiger partial charge in [-0.3, -0.25) is 9.69 Å². The molecular weight excluding hydrogens is 208 g/mol. The van der Waals surface area contributed by atoms with Crippen LogP contribution in [-0.2, 0) is 19.6 Å². The molecule has 1 heterocycles. The Hall–Kier alpha value is -0.660. The molecule has 14 heavy (non-hydrogen) atoms. The second-order valence-corrected chi connectivity index (χ2v) is 4.96. The Morgan fingerprint density at radius 2 is 2.29 bits per heavy atom. The molecule has 1 atom stereocenters. The Morgan fingerprint density at radius 1 is 1.64 bits per heavy atom. The molecule has 82 valence electrons. The van der Waals surface area contributed by atoms with Crippen LogP contribution in [0.4, 0.5) is 0 Å². The molecule has 1 fully saturated rings. The van der Waals surface area contributed by atoms with Gasteiger partial charge in [0.15, 0.2) is 0 Å². The molecule has 1 rings (SSSR count). The SMILES string of the molecule is COC(=O)C1CCN1CCS(N)(=O)=O. The largest absolute Gasteiger partial charge is 0.468 e. The van der Waals surface area contributed by atoms with Crippen molar-refractivity contribution in [1.29, 1.82) is 0 Å². The zero-order valence-electron chi connectivity index (χ0n) is 7.97. The van der Waals surface area contributed by atoms with E-state index in [1.54, 1.807) is 4.90 Å². The molecule has 1 aliphatic heterocycles. The van der Waals surface area contributed by atoms with Gasteiger partial charge in [0, 0.05) is 13.1 Å². The van der Waals surface area contributed by atoms with Crippen molar-refractivity contribution in [3.8, 4) is 0 Å². The highest BCUT2D eigenvalue weighted by molar-refractivity contribution is 7.89. The van der Waals surface area contributed by atoms with E-state index in [4.69, 9.17) is 5.14 Å². The third-order valence-electron chi connectivity index (χ3n) is 2.27. The van der Waals surface area contributed by atoms with Crippen LogP contribution in [0.1, 0.15) is 6.42 Å². The van der Waals surface area contributed by atoms with Crippen molar-refractivity contribution in [2.45, 2.75) is 12.5 Å². The fourth-order valence-electron chi connectivity index (χ4n) is 1.36. The maximum atomic E-state index is 11.1. The van der Waals surface area contributed by atoms with Gasteiger partial charge < -0.3 is 4.74 Å². The summed E-state index contributed by atoms with van der Waals surface area (Å²) in [6.07, 6.45) is 0.720. The average Bonchev–Trinajstić information content (AvgIpc) is 2.00. The molecule has 7 heteroatoms. The monoisotopic (exact) mass is 222 g/mol. The van der Waals surface area contributed by atoms with E-state index >= 15 is 0 Å². The lowest BCUT2D eigenvalue weighted by molar-refractivity contribution is -0.151. The summed E-state index contributed by atoms with van der Waals surface area (Å²) in [4.78, 5) is 12.8. The second kappa shape index (κ2) is 4.24. The number of carbonyl (C=O) groups is 1. The fourth-order valence-corrected chi connectivity index (χ4v) is 1.84. The predicted octanol–water partition coefficient (Wildman–Crippen LogP) is -1.48. The van der Waals surface area contributed by atoms with E-state index in [0.717, 1.165) is 13.0 Å². The smallest absolute Gasteiger partial charge is 0.323 e. The van der Waals surface area contributed by atoms with Crippen molar-refractivity contribution in [3.63, 3.8) is 0 Å². The van der Waals surface area contributed by atoms with Crippen molar-refractivity contribution in [1.82, 2.24) is 4.90 Å². The van der Waals surface area contributed by atoms with Crippen LogP contribution in [0, 0.1) is 0 Å². The number of sulfonamides is 1. The van der Waals surface area contributed by atoms with Crippen molar-refractivity contribution >= 4 is 16.0 Å². The molecule has 2 N–H and O–H groups in total. The molecule has 0 aromatic heterocycles. The number of rotatable bonds is 4. The van der Waals surface area contributed by atoms with E-state index in [0.29, 0.717) is 6.54 Å². The molecule has 0 aromatic carbocycles. The summed E-state index contributed by atoms with van der Waals surface area (Å²) in [5.74, 6) is -0.439. The van der Waals surface area contributed by atoms with Crippen LogP contribution in [0.3, 0.4) is 0 Å². The Morgan fingerprint density at radius 3 is 2.64 bits per heavy atom. The molecular formula is C7H14N2O4S. The predicted molar refractivity (Wildman–Crippen MR) is 50.0 cm³/mol. The van der Waals surface area contributed by atoms with Gasteiger partial charge >= 0.3 is 5.97 Å². The Balaban J connectivity index is 2.37. The molecule has 1 unspecified atom stereocenters. The van der Waals surface area contributed by atoms with Crippen LogP contribution in [-0.4, -0.2) is 51.3 Å². The van der Waals surface area contributed by atoms with Crippen LogP contribution < -0.4 is 5.14 Å². The molecule has 0 spiro atoms. The van der Waals surface area contributed by atoms with Gasteiger partial charge in [-0.1, -0.05) is 0 Å². The maximum Gasteiger partial charge on any atom is 0.323 e. The summed E-state index contributed by atoms with van der Waals surface area (Å²) in [7, 11) is -2.13. The van der Waals surface area contributed by atoms with E-state index in [1.807, 2.05) is 0 Å². The number of nitrogens with two attached hydrogens (primary N) is 1. The minimum absolute atomic E-state index is 0.125. The second-order valence-electron chi connectivity index (χ2n) is 3.23. The molecule has 6 nitrogen and oxygen atoms in total. The first-order chi connectivity index (χ1) is 6.44. The van der Waals surface area contributed by atoms with Crippen molar-refractivity contribution in [2.24, 2.45) is 5.14 Å². The lowest BCUT2D eigenvalue weighted by Gasteiger charge is -2.38. The van der Waals surface area contributed by atoms with Crippen LogP contribution >= 0.6 is 0 Å². The number of ether oxygens (including phenoxy) is 1.